The molecule has 0 spiro atoms. The molecule has 0 N–H and O–H groups in total. The van der Waals surface area contributed by atoms with Gasteiger partial charge in [-0.25, -0.2) is 4.99 Å². The third kappa shape index (κ3) is 6.25. The first-order chi connectivity index (χ1) is 28.1. The highest BCUT2D eigenvalue weighted by atomic mass is 16.5. The van der Waals surface area contributed by atoms with Crippen LogP contribution in [0.4, 0.5) is 5.69 Å². The van der Waals surface area contributed by atoms with Crippen molar-refractivity contribution < 1.29 is 9.30 Å². The van der Waals surface area contributed by atoms with Crippen molar-refractivity contribution in [1.82, 2.24) is 9.13 Å². The predicted molar refractivity (Wildman–Crippen MR) is 235 cm³/mol. The molecule has 0 saturated carbocycles. The second-order valence-electron chi connectivity index (χ2n) is 14.4. The van der Waals surface area contributed by atoms with Crippen molar-refractivity contribution in [2.45, 2.75) is 13.8 Å². The fraction of sp³-hybridized carbons (Fsp3) is 0.0385. The van der Waals surface area contributed by atoms with Crippen LogP contribution in [0.15, 0.2) is 205 Å². The zero-order valence-electron chi connectivity index (χ0n) is 31.7. The molecule has 272 valence electrons. The van der Waals surface area contributed by atoms with Gasteiger partial charge in [-0.05, 0) is 79.6 Å². The SMILES string of the molecule is CC(=Nc1ccc(C)cc1)n1c2ccccc2c2ccc(Oc3cccc(-n4c[n+](-c5c(-c6ccccc6)cccc5-c5ccccc5)c5ccccc54)c3)cc21. The van der Waals surface area contributed by atoms with Crippen LogP contribution in [0.3, 0.4) is 0 Å². The van der Waals surface area contributed by atoms with Gasteiger partial charge in [-0.2, -0.15) is 9.13 Å². The molecule has 2 heterocycles. The summed E-state index contributed by atoms with van der Waals surface area (Å²) >= 11 is 0. The van der Waals surface area contributed by atoms with Crippen molar-refractivity contribution in [3.05, 3.63) is 206 Å². The van der Waals surface area contributed by atoms with E-state index in [1.807, 2.05) is 6.07 Å². The molecular formula is C52H39N4O+. The molecule has 0 amide bonds. The van der Waals surface area contributed by atoms with Gasteiger partial charge in [0.25, 0.3) is 6.33 Å². The van der Waals surface area contributed by atoms with Crippen molar-refractivity contribution in [3.8, 4) is 45.1 Å². The Balaban J connectivity index is 1.07. The number of aryl methyl sites for hydroxylation is 1. The largest absolute Gasteiger partial charge is 0.457 e. The monoisotopic (exact) mass is 735 g/mol. The van der Waals surface area contributed by atoms with Gasteiger partial charge >= 0.3 is 0 Å². The normalized spacial score (nSPS) is 11.8. The van der Waals surface area contributed by atoms with Crippen LogP contribution in [0.2, 0.25) is 0 Å². The van der Waals surface area contributed by atoms with E-state index in [9.17, 15) is 0 Å². The van der Waals surface area contributed by atoms with E-state index >= 15 is 0 Å². The molecule has 8 aromatic carbocycles. The molecule has 0 atom stereocenters. The molecule has 0 radical (unpaired) electrons. The van der Waals surface area contributed by atoms with Gasteiger partial charge < -0.3 is 4.74 Å². The maximum absolute atomic E-state index is 6.69. The number of para-hydroxylation sites is 4. The minimum absolute atomic E-state index is 0.749. The number of aromatic nitrogens is 3. The molecule has 57 heavy (non-hydrogen) atoms. The number of fused-ring (bicyclic) bond motifs is 4. The minimum atomic E-state index is 0.749. The van der Waals surface area contributed by atoms with E-state index in [2.05, 4.69) is 222 Å². The third-order valence-electron chi connectivity index (χ3n) is 10.7. The van der Waals surface area contributed by atoms with E-state index in [4.69, 9.17) is 9.73 Å². The van der Waals surface area contributed by atoms with Gasteiger partial charge in [0, 0.05) is 34.0 Å². The van der Waals surface area contributed by atoms with E-state index in [-0.39, 0.29) is 0 Å². The van der Waals surface area contributed by atoms with Crippen LogP contribution in [0.5, 0.6) is 11.5 Å². The molecule has 0 unspecified atom stereocenters. The molecule has 0 aliphatic heterocycles. The van der Waals surface area contributed by atoms with Crippen molar-refractivity contribution in [3.63, 3.8) is 0 Å². The van der Waals surface area contributed by atoms with Crippen LogP contribution in [-0.4, -0.2) is 15.0 Å². The summed E-state index contributed by atoms with van der Waals surface area (Å²) < 4.78 is 13.5. The maximum atomic E-state index is 6.69. The topological polar surface area (TPSA) is 35.3 Å². The number of hydrogen-bond donors (Lipinski definition) is 0. The van der Waals surface area contributed by atoms with Gasteiger partial charge in [0.2, 0.25) is 0 Å². The molecule has 5 nitrogen and oxygen atoms in total. The van der Waals surface area contributed by atoms with E-state index in [1.54, 1.807) is 0 Å². The Morgan fingerprint density at radius 2 is 1.14 bits per heavy atom. The van der Waals surface area contributed by atoms with Gasteiger partial charge in [-0.15, -0.1) is 0 Å². The first-order valence-corrected chi connectivity index (χ1v) is 19.3. The van der Waals surface area contributed by atoms with E-state index in [1.165, 1.54) is 10.9 Å². The van der Waals surface area contributed by atoms with Crippen molar-refractivity contribution in [2.75, 3.05) is 0 Å². The average molecular weight is 736 g/mol. The van der Waals surface area contributed by atoms with Crippen molar-refractivity contribution >= 4 is 44.4 Å². The quantitative estimate of drug-likeness (QED) is 0.0912. The predicted octanol–water partition coefficient (Wildman–Crippen LogP) is 13.0. The Morgan fingerprint density at radius 1 is 0.526 bits per heavy atom. The number of hydrogen-bond acceptors (Lipinski definition) is 2. The lowest BCUT2D eigenvalue weighted by Crippen LogP contribution is -2.30. The Labute approximate surface area is 331 Å². The Kier molecular flexibility index (Phi) is 8.53. The number of aliphatic imine (C=N–C) groups is 1. The molecule has 0 aliphatic rings. The third-order valence-corrected chi connectivity index (χ3v) is 10.7. The summed E-state index contributed by atoms with van der Waals surface area (Å²) in [6.07, 6.45) is 2.21. The molecule has 0 fully saturated rings. The van der Waals surface area contributed by atoms with Gasteiger partial charge in [-0.1, -0.05) is 133 Å². The van der Waals surface area contributed by atoms with Crippen molar-refractivity contribution in [1.29, 1.82) is 0 Å². The number of benzene rings is 8. The van der Waals surface area contributed by atoms with Crippen LogP contribution >= 0.6 is 0 Å². The second kappa shape index (κ2) is 14.3. The number of imidazole rings is 1. The average Bonchev–Trinajstić information content (AvgIpc) is 3.81. The summed E-state index contributed by atoms with van der Waals surface area (Å²) in [6.45, 7) is 4.16. The minimum Gasteiger partial charge on any atom is -0.457 e. The van der Waals surface area contributed by atoms with Crippen LogP contribution in [-0.2, 0) is 0 Å². The van der Waals surface area contributed by atoms with Crippen LogP contribution < -0.4 is 9.30 Å². The molecule has 5 heteroatoms. The summed E-state index contributed by atoms with van der Waals surface area (Å²) in [5, 5.41) is 2.33. The fourth-order valence-corrected chi connectivity index (χ4v) is 8.05. The Hall–Kier alpha value is -7.50. The zero-order chi connectivity index (χ0) is 38.3. The van der Waals surface area contributed by atoms with Crippen LogP contribution in [0.25, 0.3) is 66.5 Å². The van der Waals surface area contributed by atoms with E-state index in [0.29, 0.717) is 0 Å². The Morgan fingerprint density at radius 3 is 1.88 bits per heavy atom. The summed E-state index contributed by atoms with van der Waals surface area (Å²) in [5.74, 6) is 2.39. The standard InChI is InChI=1S/C52H39N4O/c1-36-27-29-40(30-28-36)53-37(2)56-48-24-10-9-21-46(48)47-32-31-43(34-51(47)56)57-42-20-13-19-41(33-42)54-35-55(50-26-12-11-25-49(50)54)52-44(38-15-5-3-6-16-38)22-14-23-45(52)39-17-7-4-8-18-39/h3-35H,1-2H3/q+1. The Bertz CT molecular complexity index is 3040. The smallest absolute Gasteiger partial charge is 0.255 e. The maximum Gasteiger partial charge on any atom is 0.255 e. The molecule has 10 rings (SSSR count). The highest BCUT2D eigenvalue weighted by Crippen LogP contribution is 2.36. The number of rotatable bonds is 7. The summed E-state index contributed by atoms with van der Waals surface area (Å²) in [4.78, 5) is 5.03. The summed E-state index contributed by atoms with van der Waals surface area (Å²) in [6, 6.07) is 67.9. The lowest BCUT2D eigenvalue weighted by atomic mass is 9.95. The number of nitrogens with zero attached hydrogens (tertiary/aromatic N) is 4. The summed E-state index contributed by atoms with van der Waals surface area (Å²) in [5.41, 5.74) is 13.3. The highest BCUT2D eigenvalue weighted by Gasteiger charge is 2.25. The lowest BCUT2D eigenvalue weighted by molar-refractivity contribution is -0.566. The number of ether oxygens (including phenoxy) is 1. The fourth-order valence-electron chi connectivity index (χ4n) is 8.05. The first kappa shape index (κ1) is 34.0. The molecule has 10 aromatic rings. The van der Waals surface area contributed by atoms with Gasteiger partial charge in [-0.3, -0.25) is 4.57 Å². The highest BCUT2D eigenvalue weighted by molar-refractivity contribution is 6.14. The van der Waals surface area contributed by atoms with Gasteiger partial charge in [0.1, 0.15) is 28.7 Å². The first-order valence-electron chi connectivity index (χ1n) is 19.3. The second-order valence-corrected chi connectivity index (χ2v) is 14.4. The molecule has 0 saturated heterocycles. The summed E-state index contributed by atoms with van der Waals surface area (Å²) in [7, 11) is 0. The van der Waals surface area contributed by atoms with E-state index in [0.717, 1.165) is 84.1 Å². The zero-order valence-corrected chi connectivity index (χ0v) is 31.7. The van der Waals surface area contributed by atoms with Gasteiger partial charge in [0.15, 0.2) is 11.0 Å². The molecular weight excluding hydrogens is 697 g/mol. The molecule has 0 bridgehead atoms. The lowest BCUT2D eigenvalue weighted by Gasteiger charge is -2.13. The van der Waals surface area contributed by atoms with Crippen LogP contribution in [0, 0.1) is 6.92 Å². The molecule has 0 aliphatic carbocycles. The van der Waals surface area contributed by atoms with Crippen LogP contribution in [0.1, 0.15) is 12.5 Å². The van der Waals surface area contributed by atoms with Gasteiger partial charge in [0.05, 0.1) is 16.7 Å². The molecule has 2 aromatic heterocycles. The van der Waals surface area contributed by atoms with Crippen molar-refractivity contribution in [2.24, 2.45) is 4.99 Å². The van der Waals surface area contributed by atoms with E-state index < -0.39 is 0 Å².